The number of ether oxygens (including phenoxy) is 1. The molecule has 3 rings (SSSR count). The van der Waals surface area contributed by atoms with Gasteiger partial charge in [0, 0.05) is 11.3 Å². The van der Waals surface area contributed by atoms with Gasteiger partial charge < -0.3 is 9.84 Å². The first-order chi connectivity index (χ1) is 10.5. The van der Waals surface area contributed by atoms with Crippen molar-refractivity contribution in [3.05, 3.63) is 47.8 Å². The number of carbonyl (C=O) groups is 1. The van der Waals surface area contributed by atoms with Gasteiger partial charge in [-0.2, -0.15) is 0 Å². The maximum Gasteiger partial charge on any atom is 0.358 e. The van der Waals surface area contributed by atoms with E-state index in [1.807, 2.05) is 0 Å². The second-order valence-corrected chi connectivity index (χ2v) is 4.72. The zero-order valence-corrected chi connectivity index (χ0v) is 11.9. The highest BCUT2D eigenvalue weighted by molar-refractivity contribution is 5.92. The molecule has 0 saturated carbocycles. The standard InChI is InChI=1S/C15H12FN3O3/c1-8-5-12(10-6-9(22-2)3-4-11(10)16)18-14-13(15(20)21)17-7-19(8)14/h3-7H,1-2H3,(H,20,21). The van der Waals surface area contributed by atoms with E-state index in [2.05, 4.69) is 9.97 Å². The Kier molecular flexibility index (Phi) is 3.25. The fourth-order valence-corrected chi connectivity index (χ4v) is 2.24. The van der Waals surface area contributed by atoms with Crippen LogP contribution in [0.25, 0.3) is 16.9 Å². The lowest BCUT2D eigenvalue weighted by Crippen LogP contribution is -2.02. The molecule has 2 aromatic heterocycles. The number of methoxy groups -OCH3 is 1. The van der Waals surface area contributed by atoms with Gasteiger partial charge in [-0.05, 0) is 31.2 Å². The molecule has 1 aromatic carbocycles. The maximum absolute atomic E-state index is 14.1. The van der Waals surface area contributed by atoms with Crippen molar-refractivity contribution in [3.63, 3.8) is 0 Å². The Balaban J connectivity index is 2.28. The first-order valence-corrected chi connectivity index (χ1v) is 6.43. The largest absolute Gasteiger partial charge is 0.497 e. The quantitative estimate of drug-likeness (QED) is 0.804. The summed E-state index contributed by atoms with van der Waals surface area (Å²) in [5.41, 5.74) is 1.26. The Hall–Kier alpha value is -2.96. The van der Waals surface area contributed by atoms with E-state index in [9.17, 15) is 9.18 Å². The Morgan fingerprint density at radius 3 is 2.82 bits per heavy atom. The Morgan fingerprint density at radius 1 is 1.36 bits per heavy atom. The summed E-state index contributed by atoms with van der Waals surface area (Å²) < 4.78 is 20.7. The van der Waals surface area contributed by atoms with Crippen molar-refractivity contribution in [1.82, 2.24) is 14.4 Å². The third-order valence-electron chi connectivity index (χ3n) is 3.35. The normalized spacial score (nSPS) is 10.9. The molecule has 0 radical (unpaired) electrons. The van der Waals surface area contributed by atoms with Crippen LogP contribution in [0.4, 0.5) is 4.39 Å². The predicted molar refractivity (Wildman–Crippen MR) is 76.6 cm³/mol. The molecule has 0 aliphatic carbocycles. The second kappa shape index (κ2) is 5.10. The summed E-state index contributed by atoms with van der Waals surface area (Å²) in [7, 11) is 1.48. The average Bonchev–Trinajstić information content (AvgIpc) is 2.92. The first-order valence-electron chi connectivity index (χ1n) is 6.43. The van der Waals surface area contributed by atoms with Gasteiger partial charge in [0.1, 0.15) is 17.9 Å². The number of halogens is 1. The van der Waals surface area contributed by atoms with E-state index in [1.165, 1.54) is 31.6 Å². The summed E-state index contributed by atoms with van der Waals surface area (Å²) in [4.78, 5) is 19.3. The lowest BCUT2D eigenvalue weighted by molar-refractivity contribution is 0.0693. The topological polar surface area (TPSA) is 76.7 Å². The predicted octanol–water partition coefficient (Wildman–Crippen LogP) is 2.55. The molecule has 0 unspecified atom stereocenters. The number of nitrogens with zero attached hydrogens (tertiary/aromatic N) is 3. The van der Waals surface area contributed by atoms with Gasteiger partial charge in [-0.25, -0.2) is 19.2 Å². The Labute approximate surface area is 124 Å². The van der Waals surface area contributed by atoms with Gasteiger partial charge in [-0.1, -0.05) is 0 Å². The van der Waals surface area contributed by atoms with Gasteiger partial charge in [0.05, 0.1) is 12.8 Å². The number of aryl methyl sites for hydroxylation is 1. The van der Waals surface area contributed by atoms with Crippen molar-refractivity contribution in [2.75, 3.05) is 7.11 Å². The number of aromatic nitrogens is 3. The molecule has 0 aliphatic heterocycles. The molecule has 7 heteroatoms. The molecular formula is C15H12FN3O3. The molecule has 112 valence electrons. The Bertz CT molecular complexity index is 889. The van der Waals surface area contributed by atoms with Crippen LogP contribution in [0.5, 0.6) is 5.75 Å². The van der Waals surface area contributed by atoms with Crippen LogP contribution in [0.2, 0.25) is 0 Å². The van der Waals surface area contributed by atoms with Crippen LogP contribution < -0.4 is 4.74 Å². The van der Waals surface area contributed by atoms with Crippen molar-refractivity contribution >= 4 is 11.6 Å². The minimum atomic E-state index is -1.18. The summed E-state index contributed by atoms with van der Waals surface area (Å²) in [6, 6.07) is 5.97. The second-order valence-electron chi connectivity index (χ2n) is 4.72. The van der Waals surface area contributed by atoms with E-state index in [0.29, 0.717) is 17.1 Å². The van der Waals surface area contributed by atoms with Gasteiger partial charge in [0.25, 0.3) is 0 Å². The summed E-state index contributed by atoms with van der Waals surface area (Å²) in [6.45, 7) is 1.77. The average molecular weight is 301 g/mol. The van der Waals surface area contributed by atoms with E-state index >= 15 is 0 Å². The van der Waals surface area contributed by atoms with Crippen molar-refractivity contribution < 1.29 is 19.0 Å². The van der Waals surface area contributed by atoms with Crippen LogP contribution in [0, 0.1) is 12.7 Å². The van der Waals surface area contributed by atoms with E-state index in [1.54, 1.807) is 17.4 Å². The summed E-state index contributed by atoms with van der Waals surface area (Å²) in [5.74, 6) is -1.16. The molecule has 0 fully saturated rings. The molecule has 0 spiro atoms. The lowest BCUT2D eigenvalue weighted by atomic mass is 10.1. The molecule has 6 nitrogen and oxygen atoms in total. The molecule has 0 amide bonds. The van der Waals surface area contributed by atoms with E-state index in [0.717, 1.165) is 0 Å². The van der Waals surface area contributed by atoms with Gasteiger partial charge in [-0.15, -0.1) is 0 Å². The Morgan fingerprint density at radius 2 is 2.14 bits per heavy atom. The van der Waals surface area contributed by atoms with Crippen LogP contribution in [0.15, 0.2) is 30.6 Å². The van der Waals surface area contributed by atoms with Crippen LogP contribution in [-0.2, 0) is 0 Å². The van der Waals surface area contributed by atoms with Crippen LogP contribution >= 0.6 is 0 Å². The molecule has 0 bridgehead atoms. The van der Waals surface area contributed by atoms with Crippen molar-refractivity contribution in [1.29, 1.82) is 0 Å². The zero-order chi connectivity index (χ0) is 15.9. The van der Waals surface area contributed by atoms with Crippen molar-refractivity contribution in [3.8, 4) is 17.0 Å². The summed E-state index contributed by atoms with van der Waals surface area (Å²) >= 11 is 0. The zero-order valence-electron chi connectivity index (χ0n) is 11.9. The number of aromatic carboxylic acids is 1. The third kappa shape index (κ3) is 2.16. The van der Waals surface area contributed by atoms with Gasteiger partial charge >= 0.3 is 5.97 Å². The fraction of sp³-hybridized carbons (Fsp3) is 0.133. The lowest BCUT2D eigenvalue weighted by Gasteiger charge is -2.08. The maximum atomic E-state index is 14.1. The molecule has 0 atom stereocenters. The van der Waals surface area contributed by atoms with Crippen LogP contribution in [0.3, 0.4) is 0 Å². The van der Waals surface area contributed by atoms with E-state index in [4.69, 9.17) is 9.84 Å². The minimum absolute atomic E-state index is 0.171. The van der Waals surface area contributed by atoms with Crippen molar-refractivity contribution in [2.24, 2.45) is 0 Å². The highest BCUT2D eigenvalue weighted by Gasteiger charge is 2.17. The van der Waals surface area contributed by atoms with Crippen LogP contribution in [-0.4, -0.2) is 32.6 Å². The summed E-state index contributed by atoms with van der Waals surface area (Å²) in [6.07, 6.45) is 1.38. The van der Waals surface area contributed by atoms with Gasteiger partial charge in [-0.3, -0.25) is 4.40 Å². The number of hydrogen-bond acceptors (Lipinski definition) is 4. The fourth-order valence-electron chi connectivity index (χ4n) is 2.24. The molecule has 22 heavy (non-hydrogen) atoms. The molecule has 2 heterocycles. The monoisotopic (exact) mass is 301 g/mol. The number of benzene rings is 1. The number of fused-ring (bicyclic) bond motifs is 1. The molecule has 0 saturated heterocycles. The van der Waals surface area contributed by atoms with Crippen LogP contribution in [0.1, 0.15) is 16.2 Å². The highest BCUT2D eigenvalue weighted by Crippen LogP contribution is 2.27. The van der Waals surface area contributed by atoms with E-state index < -0.39 is 11.8 Å². The number of imidazole rings is 1. The minimum Gasteiger partial charge on any atom is -0.497 e. The van der Waals surface area contributed by atoms with E-state index in [-0.39, 0.29) is 16.9 Å². The summed E-state index contributed by atoms with van der Waals surface area (Å²) in [5, 5.41) is 9.15. The molecular weight excluding hydrogens is 289 g/mol. The van der Waals surface area contributed by atoms with Gasteiger partial charge in [0.15, 0.2) is 11.3 Å². The highest BCUT2D eigenvalue weighted by atomic mass is 19.1. The molecule has 0 aliphatic rings. The SMILES string of the molecule is COc1ccc(F)c(-c2cc(C)n3cnc(C(=O)O)c3n2)c1. The smallest absolute Gasteiger partial charge is 0.358 e. The number of carboxylic acids is 1. The van der Waals surface area contributed by atoms with Crippen molar-refractivity contribution in [2.45, 2.75) is 6.92 Å². The number of carboxylic acid groups (broad SMARTS) is 1. The number of rotatable bonds is 3. The number of hydrogen-bond donors (Lipinski definition) is 1. The molecule has 1 N–H and O–H groups in total. The van der Waals surface area contributed by atoms with Gasteiger partial charge in [0.2, 0.25) is 0 Å². The first kappa shape index (κ1) is 14.0. The third-order valence-corrected chi connectivity index (χ3v) is 3.35. The molecule has 3 aromatic rings.